The monoisotopic (exact) mass is 367 g/mol. The van der Waals surface area contributed by atoms with Gasteiger partial charge in [0.1, 0.15) is 5.75 Å². The van der Waals surface area contributed by atoms with Gasteiger partial charge in [0.2, 0.25) is 0 Å². The number of ether oxygens (including phenoxy) is 1. The summed E-state index contributed by atoms with van der Waals surface area (Å²) < 4.78 is 6.60. The first-order valence-corrected chi connectivity index (χ1v) is 7.92. The maximum atomic E-state index is 6.18. The van der Waals surface area contributed by atoms with Crippen molar-refractivity contribution in [3.05, 3.63) is 62.1 Å². The molecule has 0 bridgehead atoms. The van der Waals surface area contributed by atoms with Crippen molar-refractivity contribution >= 4 is 27.5 Å². The predicted molar refractivity (Wildman–Crippen MR) is 92.5 cm³/mol. The Bertz CT molecular complexity index is 637. The molecule has 2 aromatic rings. The van der Waals surface area contributed by atoms with E-state index in [1.165, 1.54) is 5.56 Å². The summed E-state index contributed by atoms with van der Waals surface area (Å²) in [6, 6.07) is 10.2. The van der Waals surface area contributed by atoms with E-state index in [0.29, 0.717) is 5.02 Å². The molecular formula is C17H19BrClNO. The molecular weight excluding hydrogens is 350 g/mol. The van der Waals surface area contributed by atoms with E-state index in [2.05, 4.69) is 53.3 Å². The largest absolute Gasteiger partial charge is 0.496 e. The first-order valence-electron chi connectivity index (χ1n) is 6.75. The number of hydrogen-bond donors (Lipinski definition) is 1. The maximum Gasteiger partial charge on any atom is 0.127 e. The highest BCUT2D eigenvalue weighted by Crippen LogP contribution is 2.35. The highest BCUT2D eigenvalue weighted by Gasteiger charge is 2.19. The van der Waals surface area contributed by atoms with Crippen LogP contribution in [0.2, 0.25) is 5.02 Å². The second kappa shape index (κ2) is 6.82. The quantitative estimate of drug-likeness (QED) is 0.816. The first-order chi connectivity index (χ1) is 9.97. The Balaban J connectivity index is 2.59. The van der Waals surface area contributed by atoms with Crippen molar-refractivity contribution in [2.75, 3.05) is 14.2 Å². The van der Waals surface area contributed by atoms with Crippen LogP contribution in [-0.4, -0.2) is 14.2 Å². The molecule has 0 aliphatic carbocycles. The molecule has 112 valence electrons. The van der Waals surface area contributed by atoms with Gasteiger partial charge in [-0.25, -0.2) is 0 Å². The van der Waals surface area contributed by atoms with E-state index in [9.17, 15) is 0 Å². The van der Waals surface area contributed by atoms with Gasteiger partial charge in [0, 0.05) is 15.1 Å². The third kappa shape index (κ3) is 3.42. The van der Waals surface area contributed by atoms with Crippen LogP contribution in [0.1, 0.15) is 28.3 Å². The molecule has 21 heavy (non-hydrogen) atoms. The lowest BCUT2D eigenvalue weighted by Crippen LogP contribution is -2.19. The molecule has 2 rings (SSSR count). The number of hydrogen-bond acceptors (Lipinski definition) is 2. The average molecular weight is 369 g/mol. The summed E-state index contributed by atoms with van der Waals surface area (Å²) in [6.07, 6.45) is 0. The number of aryl methyl sites for hydroxylation is 1. The Hall–Kier alpha value is -1.03. The smallest absolute Gasteiger partial charge is 0.127 e. The fourth-order valence-corrected chi connectivity index (χ4v) is 3.44. The topological polar surface area (TPSA) is 21.3 Å². The van der Waals surface area contributed by atoms with Crippen molar-refractivity contribution in [2.45, 2.75) is 19.9 Å². The highest BCUT2D eigenvalue weighted by atomic mass is 79.9. The minimum absolute atomic E-state index is 0.0225. The van der Waals surface area contributed by atoms with Gasteiger partial charge < -0.3 is 10.1 Å². The van der Waals surface area contributed by atoms with E-state index in [1.54, 1.807) is 7.11 Å². The molecule has 1 N–H and O–H groups in total. The van der Waals surface area contributed by atoms with Crippen LogP contribution in [0.5, 0.6) is 5.75 Å². The number of rotatable bonds is 4. The Morgan fingerprint density at radius 1 is 1.19 bits per heavy atom. The van der Waals surface area contributed by atoms with Gasteiger partial charge in [0.15, 0.2) is 0 Å². The van der Waals surface area contributed by atoms with E-state index in [1.807, 2.05) is 19.2 Å². The molecule has 1 unspecified atom stereocenters. The van der Waals surface area contributed by atoms with E-state index in [-0.39, 0.29) is 6.04 Å². The zero-order chi connectivity index (χ0) is 15.6. The van der Waals surface area contributed by atoms with Gasteiger partial charge in [-0.05, 0) is 55.8 Å². The number of methoxy groups -OCH3 is 1. The Morgan fingerprint density at radius 3 is 2.48 bits per heavy atom. The van der Waals surface area contributed by atoms with Crippen LogP contribution >= 0.6 is 27.5 Å². The molecule has 0 aliphatic rings. The minimum Gasteiger partial charge on any atom is -0.496 e. The molecule has 0 saturated carbocycles. The van der Waals surface area contributed by atoms with Gasteiger partial charge in [0.25, 0.3) is 0 Å². The van der Waals surface area contributed by atoms with Crippen LogP contribution in [0.15, 0.2) is 34.8 Å². The summed E-state index contributed by atoms with van der Waals surface area (Å²) >= 11 is 9.68. The Labute approximate surface area is 139 Å². The van der Waals surface area contributed by atoms with Crippen molar-refractivity contribution < 1.29 is 4.74 Å². The first kappa shape index (κ1) is 16.3. The van der Waals surface area contributed by atoms with Crippen LogP contribution in [0.4, 0.5) is 0 Å². The fourth-order valence-electron chi connectivity index (χ4n) is 2.55. The van der Waals surface area contributed by atoms with Crippen molar-refractivity contribution in [1.82, 2.24) is 5.32 Å². The molecule has 0 fully saturated rings. The molecule has 0 radical (unpaired) electrons. The Kier molecular flexibility index (Phi) is 5.31. The SMILES string of the molecule is CNC(c1cc(Cl)cc(Br)c1)c1ccc(C)c(C)c1OC. The fraction of sp³-hybridized carbons (Fsp3) is 0.294. The minimum atomic E-state index is 0.0225. The third-order valence-electron chi connectivity index (χ3n) is 3.73. The van der Waals surface area contributed by atoms with Gasteiger partial charge >= 0.3 is 0 Å². The molecule has 0 amide bonds. The van der Waals surface area contributed by atoms with E-state index in [4.69, 9.17) is 16.3 Å². The Morgan fingerprint density at radius 2 is 1.90 bits per heavy atom. The molecule has 0 aromatic heterocycles. The number of benzene rings is 2. The van der Waals surface area contributed by atoms with Gasteiger partial charge in [0.05, 0.1) is 13.2 Å². The predicted octanol–water partition coefficient (Wildman–Crippen LogP) is 5.04. The summed E-state index contributed by atoms with van der Waals surface area (Å²) in [5.41, 5.74) is 4.59. The summed E-state index contributed by atoms with van der Waals surface area (Å²) in [5.74, 6) is 0.922. The van der Waals surface area contributed by atoms with E-state index < -0.39 is 0 Å². The lowest BCUT2D eigenvalue weighted by Gasteiger charge is -2.22. The second-order valence-electron chi connectivity index (χ2n) is 5.05. The van der Waals surface area contributed by atoms with Gasteiger partial charge in [-0.2, -0.15) is 0 Å². The molecule has 4 heteroatoms. The summed E-state index contributed by atoms with van der Waals surface area (Å²) in [4.78, 5) is 0. The van der Waals surface area contributed by atoms with Gasteiger partial charge in [-0.1, -0.05) is 39.7 Å². The third-order valence-corrected chi connectivity index (χ3v) is 4.41. The van der Waals surface area contributed by atoms with Crippen molar-refractivity contribution in [3.63, 3.8) is 0 Å². The summed E-state index contributed by atoms with van der Waals surface area (Å²) in [5, 5.41) is 4.06. The standard InChI is InChI=1S/C17H19BrClNO/c1-10-5-6-15(17(21-4)11(10)2)16(20-3)12-7-13(18)9-14(19)8-12/h5-9,16,20H,1-4H3. The van der Waals surface area contributed by atoms with Gasteiger partial charge in [-0.15, -0.1) is 0 Å². The molecule has 0 saturated heterocycles. The van der Waals surface area contributed by atoms with Crippen molar-refractivity contribution in [2.24, 2.45) is 0 Å². The van der Waals surface area contributed by atoms with Crippen molar-refractivity contribution in [1.29, 1.82) is 0 Å². The molecule has 1 atom stereocenters. The zero-order valence-electron chi connectivity index (χ0n) is 12.6. The molecule has 0 aliphatic heterocycles. The lowest BCUT2D eigenvalue weighted by molar-refractivity contribution is 0.402. The zero-order valence-corrected chi connectivity index (χ0v) is 15.0. The number of halogens is 2. The molecule has 2 nitrogen and oxygen atoms in total. The van der Waals surface area contributed by atoms with Crippen molar-refractivity contribution in [3.8, 4) is 5.75 Å². The highest BCUT2D eigenvalue weighted by molar-refractivity contribution is 9.10. The maximum absolute atomic E-state index is 6.18. The second-order valence-corrected chi connectivity index (χ2v) is 6.41. The number of nitrogens with one attached hydrogen (secondary N) is 1. The van der Waals surface area contributed by atoms with Crippen LogP contribution in [-0.2, 0) is 0 Å². The molecule has 2 aromatic carbocycles. The normalized spacial score (nSPS) is 12.3. The van der Waals surface area contributed by atoms with Crippen LogP contribution < -0.4 is 10.1 Å². The van der Waals surface area contributed by atoms with E-state index >= 15 is 0 Å². The summed E-state index contributed by atoms with van der Waals surface area (Å²) in [7, 11) is 3.65. The average Bonchev–Trinajstić information content (AvgIpc) is 2.43. The van der Waals surface area contributed by atoms with Gasteiger partial charge in [-0.3, -0.25) is 0 Å². The van der Waals surface area contributed by atoms with E-state index in [0.717, 1.165) is 26.9 Å². The van der Waals surface area contributed by atoms with Crippen LogP contribution in [0.25, 0.3) is 0 Å². The van der Waals surface area contributed by atoms with Crippen LogP contribution in [0.3, 0.4) is 0 Å². The van der Waals surface area contributed by atoms with Crippen LogP contribution in [0, 0.1) is 13.8 Å². The molecule has 0 spiro atoms. The molecule has 0 heterocycles. The summed E-state index contributed by atoms with van der Waals surface area (Å²) in [6.45, 7) is 4.17. The lowest BCUT2D eigenvalue weighted by atomic mass is 9.94.